The normalized spacial score (nSPS) is 22.7. The van der Waals surface area contributed by atoms with Gasteiger partial charge in [-0.15, -0.1) is 0 Å². The minimum absolute atomic E-state index is 0.308. The Hall–Kier alpha value is -1.33. The number of nitrogens with one attached hydrogen (secondary N) is 1. The molecule has 0 radical (unpaired) electrons. The lowest BCUT2D eigenvalue weighted by Gasteiger charge is -2.25. The average molecular weight is 253 g/mol. The standard InChI is InChI=1S/C12H12FNO2S/c1-2-16-11(15)12(7-8-17-14-12)9-3-5-10(13)6-4-9/h3-8,14H,2H2,1H3. The first-order chi connectivity index (χ1) is 8.19. The van der Waals surface area contributed by atoms with Crippen LogP contribution in [-0.2, 0) is 15.1 Å². The molecule has 0 spiro atoms. The van der Waals surface area contributed by atoms with Crippen molar-refractivity contribution in [3.8, 4) is 0 Å². The summed E-state index contributed by atoms with van der Waals surface area (Å²) in [4.78, 5) is 12.0. The molecule has 3 nitrogen and oxygen atoms in total. The van der Waals surface area contributed by atoms with Gasteiger partial charge in [0.15, 0.2) is 5.54 Å². The van der Waals surface area contributed by atoms with Gasteiger partial charge in [-0.1, -0.05) is 24.1 Å². The van der Waals surface area contributed by atoms with E-state index in [2.05, 4.69) is 4.72 Å². The van der Waals surface area contributed by atoms with Gasteiger partial charge in [0, 0.05) is 0 Å². The number of ether oxygens (including phenoxy) is 1. The molecule has 0 fully saturated rings. The third-order valence-electron chi connectivity index (χ3n) is 2.50. The van der Waals surface area contributed by atoms with E-state index in [-0.39, 0.29) is 11.8 Å². The second kappa shape index (κ2) is 4.89. The van der Waals surface area contributed by atoms with Crippen molar-refractivity contribution in [2.45, 2.75) is 12.5 Å². The highest BCUT2D eigenvalue weighted by Crippen LogP contribution is 2.32. The number of hydrogen-bond donors (Lipinski definition) is 1. The van der Waals surface area contributed by atoms with Crippen LogP contribution in [0.2, 0.25) is 0 Å². The Morgan fingerprint density at radius 3 is 2.71 bits per heavy atom. The molecule has 1 atom stereocenters. The molecule has 1 aliphatic heterocycles. The molecule has 0 amide bonds. The molecule has 0 saturated carbocycles. The van der Waals surface area contributed by atoms with E-state index in [4.69, 9.17) is 4.74 Å². The zero-order chi connectivity index (χ0) is 12.3. The molecule has 0 saturated heterocycles. The molecule has 5 heteroatoms. The van der Waals surface area contributed by atoms with Crippen molar-refractivity contribution < 1.29 is 13.9 Å². The molecule has 1 N–H and O–H groups in total. The lowest BCUT2D eigenvalue weighted by atomic mass is 9.91. The summed E-state index contributed by atoms with van der Waals surface area (Å²) < 4.78 is 20.9. The van der Waals surface area contributed by atoms with Gasteiger partial charge in [0.05, 0.1) is 6.61 Å². The van der Waals surface area contributed by atoms with Gasteiger partial charge in [0.1, 0.15) is 5.82 Å². The third kappa shape index (κ3) is 2.21. The Labute approximate surface area is 103 Å². The van der Waals surface area contributed by atoms with Gasteiger partial charge in [-0.05, 0) is 36.1 Å². The minimum Gasteiger partial charge on any atom is -0.464 e. The highest BCUT2D eigenvalue weighted by molar-refractivity contribution is 8.00. The number of rotatable bonds is 3. The maximum atomic E-state index is 12.9. The Balaban J connectivity index is 2.38. The zero-order valence-corrected chi connectivity index (χ0v) is 10.1. The molecule has 1 aliphatic rings. The number of esters is 1. The second-order valence-electron chi connectivity index (χ2n) is 3.56. The fourth-order valence-corrected chi connectivity index (χ4v) is 2.43. The van der Waals surface area contributed by atoms with E-state index in [0.29, 0.717) is 12.2 Å². The maximum Gasteiger partial charge on any atom is 0.335 e. The van der Waals surface area contributed by atoms with E-state index in [1.165, 1.54) is 24.1 Å². The van der Waals surface area contributed by atoms with Crippen LogP contribution in [0.3, 0.4) is 0 Å². The second-order valence-corrected chi connectivity index (χ2v) is 4.27. The van der Waals surface area contributed by atoms with Gasteiger partial charge >= 0.3 is 5.97 Å². The molecule has 17 heavy (non-hydrogen) atoms. The fourth-order valence-electron chi connectivity index (χ4n) is 1.64. The summed E-state index contributed by atoms with van der Waals surface area (Å²) in [5.41, 5.74) is -0.340. The Bertz CT molecular complexity index is 446. The summed E-state index contributed by atoms with van der Waals surface area (Å²) in [6.45, 7) is 2.06. The number of hydrogen-bond acceptors (Lipinski definition) is 4. The first-order valence-electron chi connectivity index (χ1n) is 5.23. The number of halogens is 1. The van der Waals surface area contributed by atoms with Crippen LogP contribution < -0.4 is 4.72 Å². The van der Waals surface area contributed by atoms with Crippen molar-refractivity contribution in [2.24, 2.45) is 0 Å². The topological polar surface area (TPSA) is 38.3 Å². The molecule has 0 aliphatic carbocycles. The lowest BCUT2D eigenvalue weighted by Crippen LogP contribution is -2.43. The molecule has 2 rings (SSSR count). The van der Waals surface area contributed by atoms with Crippen LogP contribution in [0.4, 0.5) is 4.39 Å². The predicted octanol–water partition coefficient (Wildman–Crippen LogP) is 2.35. The smallest absolute Gasteiger partial charge is 0.335 e. The van der Waals surface area contributed by atoms with E-state index in [1.807, 2.05) is 0 Å². The van der Waals surface area contributed by atoms with Gasteiger partial charge < -0.3 is 4.74 Å². The van der Waals surface area contributed by atoms with Crippen LogP contribution in [0.1, 0.15) is 12.5 Å². The molecule has 0 aromatic heterocycles. The maximum absolute atomic E-state index is 12.9. The summed E-state index contributed by atoms with van der Waals surface area (Å²) in [6, 6.07) is 5.81. The van der Waals surface area contributed by atoms with Crippen molar-refractivity contribution >= 4 is 17.9 Å². The summed E-state index contributed by atoms with van der Waals surface area (Å²) in [5.74, 6) is -0.713. The lowest BCUT2D eigenvalue weighted by molar-refractivity contribution is -0.148. The molecule has 0 bridgehead atoms. The summed E-state index contributed by atoms with van der Waals surface area (Å²) >= 11 is 1.31. The van der Waals surface area contributed by atoms with Crippen molar-refractivity contribution in [3.63, 3.8) is 0 Å². The van der Waals surface area contributed by atoms with Crippen LogP contribution >= 0.6 is 11.9 Å². The Kier molecular flexibility index (Phi) is 3.49. The molecule has 1 aromatic rings. The molecule has 1 unspecified atom stereocenters. The van der Waals surface area contributed by atoms with E-state index < -0.39 is 5.54 Å². The summed E-state index contributed by atoms with van der Waals surface area (Å²) in [7, 11) is 0. The molecule has 1 heterocycles. The summed E-state index contributed by atoms with van der Waals surface area (Å²) in [6.07, 6.45) is 1.73. The van der Waals surface area contributed by atoms with Gasteiger partial charge in [-0.25, -0.2) is 13.9 Å². The largest absolute Gasteiger partial charge is 0.464 e. The van der Waals surface area contributed by atoms with Gasteiger partial charge in [-0.2, -0.15) is 0 Å². The Morgan fingerprint density at radius 2 is 2.18 bits per heavy atom. The average Bonchev–Trinajstić information content (AvgIpc) is 2.81. The zero-order valence-electron chi connectivity index (χ0n) is 9.27. The molecular weight excluding hydrogens is 241 g/mol. The number of carbonyl (C=O) groups is 1. The van der Waals surface area contributed by atoms with Crippen LogP contribution in [0.5, 0.6) is 0 Å². The van der Waals surface area contributed by atoms with Crippen molar-refractivity contribution in [1.82, 2.24) is 4.72 Å². The van der Waals surface area contributed by atoms with Crippen molar-refractivity contribution in [2.75, 3.05) is 6.61 Å². The van der Waals surface area contributed by atoms with Crippen LogP contribution in [0, 0.1) is 5.82 Å². The van der Waals surface area contributed by atoms with E-state index in [0.717, 1.165) is 0 Å². The minimum atomic E-state index is -1.01. The van der Waals surface area contributed by atoms with Gasteiger partial charge in [-0.3, -0.25) is 0 Å². The van der Waals surface area contributed by atoms with Crippen LogP contribution in [-0.4, -0.2) is 12.6 Å². The monoisotopic (exact) mass is 253 g/mol. The van der Waals surface area contributed by atoms with Gasteiger partial charge in [0.2, 0.25) is 0 Å². The van der Waals surface area contributed by atoms with E-state index >= 15 is 0 Å². The van der Waals surface area contributed by atoms with Crippen LogP contribution in [0.25, 0.3) is 0 Å². The third-order valence-corrected chi connectivity index (χ3v) is 3.21. The summed E-state index contributed by atoms with van der Waals surface area (Å²) in [5, 5.41) is 1.78. The van der Waals surface area contributed by atoms with Gasteiger partial charge in [0.25, 0.3) is 0 Å². The first-order valence-corrected chi connectivity index (χ1v) is 6.11. The number of carbonyl (C=O) groups excluding carboxylic acids is 1. The van der Waals surface area contributed by atoms with Crippen LogP contribution in [0.15, 0.2) is 35.7 Å². The highest BCUT2D eigenvalue weighted by atomic mass is 32.2. The Morgan fingerprint density at radius 1 is 1.47 bits per heavy atom. The quantitative estimate of drug-likeness (QED) is 0.663. The van der Waals surface area contributed by atoms with Crippen molar-refractivity contribution in [3.05, 3.63) is 47.1 Å². The highest BCUT2D eigenvalue weighted by Gasteiger charge is 2.41. The fraction of sp³-hybridized carbons (Fsp3) is 0.250. The SMILES string of the molecule is CCOC(=O)C1(c2ccc(F)cc2)C=CSN1. The number of benzene rings is 1. The molecule has 90 valence electrons. The van der Waals surface area contributed by atoms with E-state index in [1.54, 1.807) is 30.5 Å². The predicted molar refractivity (Wildman–Crippen MR) is 64.6 cm³/mol. The molecular formula is C12H12FNO2S. The van der Waals surface area contributed by atoms with Crippen molar-refractivity contribution in [1.29, 1.82) is 0 Å². The first kappa shape index (κ1) is 12.1. The molecule has 1 aromatic carbocycles. The van der Waals surface area contributed by atoms with E-state index in [9.17, 15) is 9.18 Å².